The van der Waals surface area contributed by atoms with Crippen LogP contribution in [0.2, 0.25) is 0 Å². The Morgan fingerprint density at radius 3 is 2.35 bits per heavy atom. The van der Waals surface area contributed by atoms with Gasteiger partial charge in [-0.05, 0) is 6.92 Å². The third-order valence-corrected chi connectivity index (χ3v) is 2.95. The fourth-order valence-electron chi connectivity index (χ4n) is 1.88. The van der Waals surface area contributed by atoms with Gasteiger partial charge in [0.2, 0.25) is 0 Å². The summed E-state index contributed by atoms with van der Waals surface area (Å²) >= 11 is 0. The van der Waals surface area contributed by atoms with E-state index >= 15 is 0 Å². The van der Waals surface area contributed by atoms with E-state index in [1.54, 1.807) is 36.4 Å². The lowest BCUT2D eigenvalue weighted by Gasteiger charge is -2.08. The number of hydrogen-bond donors (Lipinski definition) is 1. The van der Waals surface area contributed by atoms with Crippen LogP contribution in [0.1, 0.15) is 27.0 Å². The average molecular weight is 269 g/mol. The van der Waals surface area contributed by atoms with Gasteiger partial charge in [0.25, 0.3) is 0 Å². The third-order valence-electron chi connectivity index (χ3n) is 2.95. The minimum Gasteiger partial charge on any atom is -0.445 e. The number of primary amides is 1. The van der Waals surface area contributed by atoms with Crippen LogP contribution in [0.25, 0.3) is 0 Å². The number of nitrogens with two attached hydrogens (primary N) is 1. The van der Waals surface area contributed by atoms with Crippen LogP contribution in [0.5, 0.6) is 0 Å². The van der Waals surface area contributed by atoms with Crippen molar-refractivity contribution in [1.82, 2.24) is 0 Å². The summed E-state index contributed by atoms with van der Waals surface area (Å²) in [6.45, 7) is 1.95. The minimum absolute atomic E-state index is 0.0108. The first-order valence-corrected chi connectivity index (χ1v) is 6.19. The molecule has 102 valence electrons. The summed E-state index contributed by atoms with van der Waals surface area (Å²) in [5.41, 5.74) is 7.78. The van der Waals surface area contributed by atoms with E-state index < -0.39 is 6.09 Å². The van der Waals surface area contributed by atoms with E-state index in [2.05, 4.69) is 0 Å². The largest absolute Gasteiger partial charge is 0.445 e. The first-order chi connectivity index (χ1) is 9.58. The number of hydrogen-bond acceptors (Lipinski definition) is 3. The molecule has 0 heterocycles. The molecule has 2 aromatic rings. The van der Waals surface area contributed by atoms with Gasteiger partial charge in [0.1, 0.15) is 6.61 Å². The van der Waals surface area contributed by atoms with Crippen molar-refractivity contribution in [3.05, 3.63) is 70.8 Å². The van der Waals surface area contributed by atoms with E-state index in [4.69, 9.17) is 10.5 Å². The van der Waals surface area contributed by atoms with Gasteiger partial charge in [-0.15, -0.1) is 0 Å². The van der Waals surface area contributed by atoms with Crippen molar-refractivity contribution in [3.8, 4) is 0 Å². The zero-order valence-corrected chi connectivity index (χ0v) is 11.1. The van der Waals surface area contributed by atoms with Gasteiger partial charge >= 0.3 is 6.09 Å². The van der Waals surface area contributed by atoms with Gasteiger partial charge in [0.05, 0.1) is 0 Å². The molecule has 4 nitrogen and oxygen atoms in total. The van der Waals surface area contributed by atoms with Crippen LogP contribution in [0, 0.1) is 6.92 Å². The fourth-order valence-corrected chi connectivity index (χ4v) is 1.88. The molecule has 0 radical (unpaired) electrons. The lowest BCUT2D eigenvalue weighted by Crippen LogP contribution is -2.14. The molecule has 1 amide bonds. The Labute approximate surface area is 117 Å². The van der Waals surface area contributed by atoms with Crippen molar-refractivity contribution in [2.24, 2.45) is 5.73 Å². The molecule has 0 saturated carbocycles. The zero-order chi connectivity index (χ0) is 14.5. The first-order valence-electron chi connectivity index (χ1n) is 6.19. The lowest BCUT2D eigenvalue weighted by atomic mass is 9.98. The van der Waals surface area contributed by atoms with Crippen molar-refractivity contribution < 1.29 is 14.3 Å². The second kappa shape index (κ2) is 6.02. The molecule has 0 aliphatic heterocycles. The van der Waals surface area contributed by atoms with Crippen LogP contribution in [-0.2, 0) is 11.3 Å². The second-order valence-corrected chi connectivity index (χ2v) is 4.46. The summed E-state index contributed by atoms with van der Waals surface area (Å²) in [6, 6.07) is 14.3. The molecule has 0 aliphatic carbocycles. The number of carbonyl (C=O) groups is 2. The summed E-state index contributed by atoms with van der Waals surface area (Å²) in [5.74, 6) is -0.103. The first kappa shape index (κ1) is 13.8. The Hall–Kier alpha value is -2.62. The SMILES string of the molecule is Cc1ccc(C(=O)c2ccccc2COC(N)=O)cc1. The molecule has 0 atom stereocenters. The van der Waals surface area contributed by atoms with Gasteiger partial charge in [0, 0.05) is 16.7 Å². The highest BCUT2D eigenvalue weighted by Crippen LogP contribution is 2.16. The predicted octanol–water partition coefficient (Wildman–Crippen LogP) is 2.82. The molecular formula is C16H15NO3. The van der Waals surface area contributed by atoms with Crippen molar-refractivity contribution in [2.45, 2.75) is 13.5 Å². The molecular weight excluding hydrogens is 254 g/mol. The lowest BCUT2D eigenvalue weighted by molar-refractivity contribution is 0.103. The van der Waals surface area contributed by atoms with Gasteiger partial charge in [-0.2, -0.15) is 0 Å². The molecule has 0 saturated heterocycles. The number of ketones is 1. The molecule has 0 unspecified atom stereocenters. The van der Waals surface area contributed by atoms with Gasteiger partial charge in [-0.3, -0.25) is 4.79 Å². The minimum atomic E-state index is -0.859. The Kier molecular flexibility index (Phi) is 4.15. The maximum absolute atomic E-state index is 12.5. The standard InChI is InChI=1S/C16H15NO3/c1-11-6-8-12(9-7-11)15(18)14-5-3-2-4-13(14)10-20-16(17)19/h2-9H,10H2,1H3,(H2,17,19). The van der Waals surface area contributed by atoms with Crippen LogP contribution in [0.4, 0.5) is 4.79 Å². The monoisotopic (exact) mass is 269 g/mol. The summed E-state index contributed by atoms with van der Waals surface area (Å²) in [5, 5.41) is 0. The Morgan fingerprint density at radius 1 is 1.05 bits per heavy atom. The van der Waals surface area contributed by atoms with E-state index in [1.807, 2.05) is 19.1 Å². The summed E-state index contributed by atoms with van der Waals surface area (Å²) in [6.07, 6.45) is -0.859. The van der Waals surface area contributed by atoms with Crippen LogP contribution < -0.4 is 5.73 Å². The van der Waals surface area contributed by atoms with Gasteiger partial charge in [-0.25, -0.2) is 4.79 Å². The molecule has 0 aliphatic rings. The second-order valence-electron chi connectivity index (χ2n) is 4.46. The van der Waals surface area contributed by atoms with Crippen LogP contribution in [0.3, 0.4) is 0 Å². The molecule has 0 bridgehead atoms. The Morgan fingerprint density at radius 2 is 1.70 bits per heavy atom. The van der Waals surface area contributed by atoms with Crippen molar-refractivity contribution in [1.29, 1.82) is 0 Å². The summed E-state index contributed by atoms with van der Waals surface area (Å²) in [7, 11) is 0. The fraction of sp³-hybridized carbons (Fsp3) is 0.125. The molecule has 0 aromatic heterocycles. The number of ether oxygens (including phenoxy) is 1. The summed E-state index contributed by atoms with van der Waals surface area (Å²) < 4.78 is 4.76. The Balaban J connectivity index is 2.29. The van der Waals surface area contributed by atoms with E-state index in [0.717, 1.165) is 5.56 Å². The maximum atomic E-state index is 12.5. The van der Waals surface area contributed by atoms with E-state index in [-0.39, 0.29) is 12.4 Å². The highest BCUT2D eigenvalue weighted by Gasteiger charge is 2.13. The van der Waals surface area contributed by atoms with Crippen molar-refractivity contribution >= 4 is 11.9 Å². The molecule has 0 spiro atoms. The Bertz CT molecular complexity index is 632. The smallest absolute Gasteiger partial charge is 0.404 e. The van der Waals surface area contributed by atoms with Gasteiger partial charge < -0.3 is 10.5 Å². The van der Waals surface area contributed by atoms with E-state index in [0.29, 0.717) is 16.7 Å². The molecule has 20 heavy (non-hydrogen) atoms. The quantitative estimate of drug-likeness (QED) is 0.868. The normalized spacial score (nSPS) is 10.1. The summed E-state index contributed by atoms with van der Waals surface area (Å²) in [4.78, 5) is 23.1. The number of carbonyl (C=O) groups excluding carboxylic acids is 2. The molecule has 4 heteroatoms. The molecule has 0 fully saturated rings. The van der Waals surface area contributed by atoms with Crippen molar-refractivity contribution in [3.63, 3.8) is 0 Å². The van der Waals surface area contributed by atoms with Crippen LogP contribution in [0.15, 0.2) is 48.5 Å². The number of aryl methyl sites for hydroxylation is 1. The van der Waals surface area contributed by atoms with E-state index in [9.17, 15) is 9.59 Å². The predicted molar refractivity (Wildman–Crippen MR) is 75.4 cm³/mol. The highest BCUT2D eigenvalue weighted by molar-refractivity contribution is 6.09. The molecule has 2 rings (SSSR count). The maximum Gasteiger partial charge on any atom is 0.404 e. The van der Waals surface area contributed by atoms with Crippen LogP contribution in [-0.4, -0.2) is 11.9 Å². The van der Waals surface area contributed by atoms with Crippen molar-refractivity contribution in [2.75, 3.05) is 0 Å². The molecule has 2 aromatic carbocycles. The number of benzene rings is 2. The van der Waals surface area contributed by atoms with Gasteiger partial charge in [0.15, 0.2) is 5.78 Å². The van der Waals surface area contributed by atoms with E-state index in [1.165, 1.54) is 0 Å². The zero-order valence-electron chi connectivity index (χ0n) is 11.1. The topological polar surface area (TPSA) is 69.4 Å². The third kappa shape index (κ3) is 3.23. The van der Waals surface area contributed by atoms with Crippen LogP contribution >= 0.6 is 0 Å². The number of amides is 1. The molecule has 2 N–H and O–H groups in total. The highest BCUT2D eigenvalue weighted by atomic mass is 16.5. The average Bonchev–Trinajstić information content (AvgIpc) is 2.45. The van der Waals surface area contributed by atoms with Gasteiger partial charge in [-0.1, -0.05) is 54.1 Å². The number of rotatable bonds is 4.